The van der Waals surface area contributed by atoms with E-state index in [9.17, 15) is 4.79 Å². The summed E-state index contributed by atoms with van der Waals surface area (Å²) in [5, 5.41) is 0.479. The summed E-state index contributed by atoms with van der Waals surface area (Å²) < 4.78 is 11.2. The predicted octanol–water partition coefficient (Wildman–Crippen LogP) is 3.05. The molecule has 0 aliphatic rings. The first-order chi connectivity index (χ1) is 8.24. The number of fused-ring (bicyclic) bond motifs is 1. The zero-order valence-corrected chi connectivity index (χ0v) is 10.7. The lowest BCUT2D eigenvalue weighted by atomic mass is 10.2. The smallest absolute Gasteiger partial charge is 0.347 e. The number of aromatic nitrogens is 1. The van der Waals surface area contributed by atoms with E-state index in [0.717, 1.165) is 3.57 Å². The van der Waals surface area contributed by atoms with Crippen LogP contribution in [0.4, 0.5) is 0 Å². The van der Waals surface area contributed by atoms with Crippen LogP contribution in [0.15, 0.2) is 50.2 Å². The highest BCUT2D eigenvalue weighted by Crippen LogP contribution is 2.19. The molecule has 0 fully saturated rings. The molecule has 0 spiro atoms. The molecule has 0 saturated heterocycles. The Hall–Kier alpha value is -1.63. The first kappa shape index (κ1) is 10.5. The minimum absolute atomic E-state index is 0.203. The van der Waals surface area contributed by atoms with Gasteiger partial charge >= 0.3 is 5.63 Å². The number of rotatable bonds is 1. The van der Waals surface area contributed by atoms with Crippen molar-refractivity contribution >= 4 is 33.5 Å². The van der Waals surface area contributed by atoms with Gasteiger partial charge in [0.2, 0.25) is 0 Å². The lowest BCUT2D eigenvalue weighted by Crippen LogP contribution is -2.02. The van der Waals surface area contributed by atoms with Crippen LogP contribution in [0.3, 0.4) is 0 Å². The summed E-state index contributed by atoms with van der Waals surface area (Å²) in [5.74, 6) is 0.649. The van der Waals surface area contributed by atoms with Crippen LogP contribution < -0.4 is 5.63 Å². The second-order valence-electron chi connectivity index (χ2n) is 3.45. The standard InChI is InChI=1S/C12H6INO3/c13-7-3-4-9-8(6-7)12(15)17-11(14-9)10-2-1-5-16-10/h1-6H. The van der Waals surface area contributed by atoms with E-state index in [1.807, 2.05) is 6.07 Å². The van der Waals surface area contributed by atoms with Crippen LogP contribution >= 0.6 is 22.6 Å². The van der Waals surface area contributed by atoms with Crippen LogP contribution in [0.5, 0.6) is 0 Å². The molecule has 0 aliphatic heterocycles. The van der Waals surface area contributed by atoms with E-state index in [-0.39, 0.29) is 5.89 Å². The second-order valence-corrected chi connectivity index (χ2v) is 4.69. The van der Waals surface area contributed by atoms with Crippen molar-refractivity contribution in [2.75, 3.05) is 0 Å². The maximum absolute atomic E-state index is 11.8. The molecule has 84 valence electrons. The van der Waals surface area contributed by atoms with Crippen molar-refractivity contribution in [3.63, 3.8) is 0 Å². The van der Waals surface area contributed by atoms with Crippen LogP contribution in [0, 0.1) is 3.57 Å². The molecular weight excluding hydrogens is 333 g/mol. The highest BCUT2D eigenvalue weighted by molar-refractivity contribution is 14.1. The van der Waals surface area contributed by atoms with Crippen LogP contribution in [0.2, 0.25) is 0 Å². The highest BCUT2D eigenvalue weighted by Gasteiger charge is 2.10. The Balaban J connectivity index is 2.32. The highest BCUT2D eigenvalue weighted by atomic mass is 127. The molecule has 4 nitrogen and oxygen atoms in total. The third-order valence-corrected chi connectivity index (χ3v) is 2.99. The van der Waals surface area contributed by atoms with Crippen molar-refractivity contribution in [1.82, 2.24) is 4.98 Å². The number of hydrogen-bond acceptors (Lipinski definition) is 4. The summed E-state index contributed by atoms with van der Waals surface area (Å²) in [6, 6.07) is 8.85. The lowest BCUT2D eigenvalue weighted by molar-refractivity contribution is 0.482. The van der Waals surface area contributed by atoms with Crippen molar-refractivity contribution in [2.45, 2.75) is 0 Å². The van der Waals surface area contributed by atoms with Crippen molar-refractivity contribution < 1.29 is 8.83 Å². The molecule has 0 radical (unpaired) electrons. The van der Waals surface area contributed by atoms with Gasteiger partial charge in [0.15, 0.2) is 5.76 Å². The van der Waals surface area contributed by atoms with Gasteiger partial charge in [0.1, 0.15) is 0 Å². The van der Waals surface area contributed by atoms with E-state index in [4.69, 9.17) is 8.83 Å². The van der Waals surface area contributed by atoms with Gasteiger partial charge in [-0.25, -0.2) is 9.78 Å². The summed E-state index contributed by atoms with van der Waals surface area (Å²) in [5.41, 5.74) is 0.202. The maximum atomic E-state index is 11.8. The zero-order chi connectivity index (χ0) is 11.8. The van der Waals surface area contributed by atoms with Gasteiger partial charge in [0.05, 0.1) is 17.2 Å². The monoisotopic (exact) mass is 339 g/mol. The Morgan fingerprint density at radius 2 is 2.12 bits per heavy atom. The van der Waals surface area contributed by atoms with Gasteiger partial charge in [0.25, 0.3) is 5.89 Å². The quantitative estimate of drug-likeness (QED) is 0.640. The Morgan fingerprint density at radius 1 is 1.24 bits per heavy atom. The number of furan rings is 1. The molecule has 17 heavy (non-hydrogen) atoms. The van der Waals surface area contributed by atoms with Crippen molar-refractivity contribution in [1.29, 1.82) is 0 Å². The summed E-state index contributed by atoms with van der Waals surface area (Å²) in [7, 11) is 0. The minimum atomic E-state index is -0.403. The number of benzene rings is 1. The van der Waals surface area contributed by atoms with Crippen molar-refractivity contribution in [3.05, 3.63) is 50.6 Å². The summed E-state index contributed by atoms with van der Waals surface area (Å²) in [6.07, 6.45) is 1.51. The molecule has 0 saturated carbocycles. The van der Waals surface area contributed by atoms with Crippen molar-refractivity contribution in [3.8, 4) is 11.7 Å². The fourth-order valence-corrected chi connectivity index (χ4v) is 2.04. The van der Waals surface area contributed by atoms with Gasteiger partial charge in [-0.1, -0.05) is 0 Å². The summed E-state index contributed by atoms with van der Waals surface area (Å²) >= 11 is 2.14. The molecule has 2 aromatic heterocycles. The van der Waals surface area contributed by atoms with E-state index >= 15 is 0 Å². The van der Waals surface area contributed by atoms with Gasteiger partial charge in [-0.15, -0.1) is 0 Å². The first-order valence-electron chi connectivity index (χ1n) is 4.88. The molecule has 5 heteroatoms. The second kappa shape index (κ2) is 3.99. The van der Waals surface area contributed by atoms with Crippen LogP contribution in [-0.4, -0.2) is 4.98 Å². The Bertz CT molecular complexity index is 731. The molecule has 2 heterocycles. The predicted molar refractivity (Wildman–Crippen MR) is 70.7 cm³/mol. The fraction of sp³-hybridized carbons (Fsp3) is 0. The average molecular weight is 339 g/mol. The SMILES string of the molecule is O=c1oc(-c2ccco2)nc2ccc(I)cc12. The zero-order valence-electron chi connectivity index (χ0n) is 8.51. The molecule has 0 atom stereocenters. The van der Waals surface area contributed by atoms with Gasteiger partial charge in [-0.3, -0.25) is 0 Å². The molecule has 0 aliphatic carbocycles. The van der Waals surface area contributed by atoms with Gasteiger partial charge < -0.3 is 8.83 Å². The largest absolute Gasteiger partial charge is 0.459 e. The summed E-state index contributed by atoms with van der Waals surface area (Å²) in [4.78, 5) is 16.1. The van der Waals surface area contributed by atoms with Crippen LogP contribution in [-0.2, 0) is 0 Å². The molecule has 3 rings (SSSR count). The van der Waals surface area contributed by atoms with Gasteiger partial charge in [-0.05, 0) is 52.9 Å². The molecule has 0 amide bonds. The number of hydrogen-bond donors (Lipinski definition) is 0. The molecule has 1 aromatic carbocycles. The van der Waals surface area contributed by atoms with E-state index in [0.29, 0.717) is 16.7 Å². The molecular formula is C12H6INO3. The maximum Gasteiger partial charge on any atom is 0.347 e. The lowest BCUT2D eigenvalue weighted by Gasteiger charge is -1.99. The van der Waals surface area contributed by atoms with Crippen LogP contribution in [0.1, 0.15) is 0 Å². The number of nitrogens with zero attached hydrogens (tertiary/aromatic N) is 1. The van der Waals surface area contributed by atoms with Crippen LogP contribution in [0.25, 0.3) is 22.6 Å². The topological polar surface area (TPSA) is 56.2 Å². The average Bonchev–Trinajstić information content (AvgIpc) is 2.83. The fourth-order valence-electron chi connectivity index (χ4n) is 1.55. The van der Waals surface area contributed by atoms with Gasteiger partial charge in [0, 0.05) is 3.57 Å². The van der Waals surface area contributed by atoms with E-state index < -0.39 is 5.63 Å². The summed E-state index contributed by atoms with van der Waals surface area (Å²) in [6.45, 7) is 0. The first-order valence-corrected chi connectivity index (χ1v) is 5.96. The minimum Gasteiger partial charge on any atom is -0.459 e. The Kier molecular flexibility index (Phi) is 2.47. The Morgan fingerprint density at radius 3 is 2.88 bits per heavy atom. The van der Waals surface area contributed by atoms with E-state index in [1.165, 1.54) is 6.26 Å². The molecule has 3 aromatic rings. The van der Waals surface area contributed by atoms with E-state index in [1.54, 1.807) is 24.3 Å². The molecule has 0 unspecified atom stereocenters. The van der Waals surface area contributed by atoms with E-state index in [2.05, 4.69) is 27.6 Å². The molecule has 0 N–H and O–H groups in total. The van der Waals surface area contributed by atoms with Gasteiger partial charge in [-0.2, -0.15) is 0 Å². The Labute approximate surface area is 109 Å². The third kappa shape index (κ3) is 1.86. The third-order valence-electron chi connectivity index (χ3n) is 2.32. The normalized spacial score (nSPS) is 10.9. The molecule has 0 bridgehead atoms. The number of halogens is 1. The van der Waals surface area contributed by atoms with Crippen molar-refractivity contribution in [2.24, 2.45) is 0 Å².